The number of benzene rings is 1. The van der Waals surface area contributed by atoms with Crippen LogP contribution in [0.2, 0.25) is 0 Å². The number of nitriles is 1. The minimum atomic E-state index is -0.430. The lowest BCUT2D eigenvalue weighted by atomic mass is 10.1. The smallest absolute Gasteiger partial charge is 0.265 e. The first-order valence-corrected chi connectivity index (χ1v) is 7.63. The fourth-order valence-electron chi connectivity index (χ4n) is 2.73. The van der Waals surface area contributed by atoms with Crippen LogP contribution in [0, 0.1) is 11.3 Å². The highest BCUT2D eigenvalue weighted by atomic mass is 32.1. The average Bonchev–Trinajstić information content (AvgIpc) is 2.93. The van der Waals surface area contributed by atoms with Crippen molar-refractivity contribution in [3.63, 3.8) is 0 Å². The topological polar surface area (TPSA) is 69.3 Å². The van der Waals surface area contributed by atoms with E-state index in [1.54, 1.807) is 30.9 Å². The van der Waals surface area contributed by atoms with E-state index in [4.69, 9.17) is 17.5 Å². The lowest BCUT2D eigenvalue weighted by molar-refractivity contribution is -0.132. The Bertz CT molecular complexity index is 925. The van der Waals surface area contributed by atoms with Crippen molar-refractivity contribution in [3.8, 4) is 6.07 Å². The van der Waals surface area contributed by atoms with Gasteiger partial charge in [0.15, 0.2) is 5.11 Å². The van der Waals surface area contributed by atoms with Crippen molar-refractivity contribution in [1.29, 1.82) is 5.26 Å². The van der Waals surface area contributed by atoms with Gasteiger partial charge in [-0.25, -0.2) is 0 Å². The summed E-state index contributed by atoms with van der Waals surface area (Å²) in [6, 6.07) is 9.65. The number of hydrogen-bond donors (Lipinski definition) is 0. The molecule has 2 heterocycles. The third-order valence-electron chi connectivity index (χ3n) is 4.00. The minimum absolute atomic E-state index is 0.0495. The molecule has 0 aliphatic carbocycles. The molecule has 0 saturated carbocycles. The Morgan fingerprint density at radius 1 is 1.17 bits per heavy atom. The van der Waals surface area contributed by atoms with Crippen LogP contribution in [0.15, 0.2) is 36.0 Å². The zero-order valence-electron chi connectivity index (χ0n) is 13.2. The Morgan fingerprint density at radius 2 is 1.79 bits per heavy atom. The fraction of sp³-hybridized carbons (Fsp3) is 0.176. The lowest BCUT2D eigenvalue weighted by Gasteiger charge is -2.31. The summed E-state index contributed by atoms with van der Waals surface area (Å²) >= 11 is 5.08. The molecule has 120 valence electrons. The van der Waals surface area contributed by atoms with Crippen LogP contribution in [-0.4, -0.2) is 45.4 Å². The molecule has 6 nitrogen and oxygen atoms in total. The van der Waals surface area contributed by atoms with Crippen molar-refractivity contribution in [2.75, 3.05) is 14.1 Å². The molecule has 1 saturated heterocycles. The quantitative estimate of drug-likeness (QED) is 0.475. The third kappa shape index (κ3) is 2.37. The van der Waals surface area contributed by atoms with Crippen LogP contribution in [-0.2, 0) is 16.1 Å². The molecule has 3 rings (SSSR count). The van der Waals surface area contributed by atoms with E-state index in [0.29, 0.717) is 5.56 Å². The molecule has 1 aliphatic heterocycles. The number of thiocarbonyl (C=S) groups is 1. The number of likely N-dealkylation sites (N-methyl/N-ethyl adjacent to an activating group) is 2. The van der Waals surface area contributed by atoms with Crippen LogP contribution >= 0.6 is 12.2 Å². The zero-order valence-corrected chi connectivity index (χ0v) is 14.0. The standard InChI is InChI=1S/C17H14N4O2S/c1-19-15(22)13(16(23)20(2)17(19)24)9-11-10-21(8-7-18)14-6-4-3-5-12(11)14/h3-6,9-10H,8H2,1-2H3. The predicted octanol–water partition coefficient (Wildman–Crippen LogP) is 1.76. The lowest BCUT2D eigenvalue weighted by Crippen LogP contribution is -2.52. The van der Waals surface area contributed by atoms with Crippen LogP contribution < -0.4 is 0 Å². The highest BCUT2D eigenvalue weighted by Gasteiger charge is 2.35. The summed E-state index contributed by atoms with van der Waals surface area (Å²) in [4.78, 5) is 27.4. The number of nitrogens with zero attached hydrogens (tertiary/aromatic N) is 4. The maximum Gasteiger partial charge on any atom is 0.265 e. The summed E-state index contributed by atoms with van der Waals surface area (Å²) in [5.41, 5.74) is 1.64. The first kappa shape index (κ1) is 15.9. The summed E-state index contributed by atoms with van der Waals surface area (Å²) in [6.07, 6.45) is 3.34. The Kier molecular flexibility index (Phi) is 3.91. The van der Waals surface area contributed by atoms with Crippen LogP contribution in [0.4, 0.5) is 0 Å². The van der Waals surface area contributed by atoms with Crippen molar-refractivity contribution in [3.05, 3.63) is 41.6 Å². The van der Waals surface area contributed by atoms with Crippen molar-refractivity contribution in [2.45, 2.75) is 6.54 Å². The third-order valence-corrected chi connectivity index (χ3v) is 4.55. The second kappa shape index (κ2) is 5.91. The van der Waals surface area contributed by atoms with Gasteiger partial charge in [0.2, 0.25) is 0 Å². The molecule has 2 amide bonds. The fourth-order valence-corrected chi connectivity index (χ4v) is 2.89. The highest BCUT2D eigenvalue weighted by molar-refractivity contribution is 7.80. The predicted molar refractivity (Wildman–Crippen MR) is 93.7 cm³/mol. The van der Waals surface area contributed by atoms with E-state index in [1.807, 2.05) is 24.3 Å². The van der Waals surface area contributed by atoms with Crippen molar-refractivity contribution in [1.82, 2.24) is 14.4 Å². The summed E-state index contributed by atoms with van der Waals surface area (Å²) in [6.45, 7) is 0.190. The number of para-hydroxylation sites is 1. The molecular weight excluding hydrogens is 324 g/mol. The SMILES string of the molecule is CN1C(=O)C(=Cc2cn(CC#N)c3ccccc23)C(=O)N(C)C1=S. The molecular formula is C17H14N4O2S. The van der Waals surface area contributed by atoms with Crippen molar-refractivity contribution in [2.24, 2.45) is 0 Å². The number of aromatic nitrogens is 1. The molecule has 1 fully saturated rings. The Balaban J connectivity index is 2.16. The van der Waals surface area contributed by atoms with Gasteiger partial charge in [-0.3, -0.25) is 19.4 Å². The summed E-state index contributed by atoms with van der Waals surface area (Å²) in [5, 5.41) is 10.0. The van der Waals surface area contributed by atoms with Gasteiger partial charge in [0.25, 0.3) is 11.8 Å². The molecule has 0 atom stereocenters. The number of hydrogen-bond acceptors (Lipinski definition) is 4. The molecule has 1 aliphatic rings. The van der Waals surface area contributed by atoms with E-state index in [-0.39, 0.29) is 17.2 Å². The first-order chi connectivity index (χ1) is 11.5. The monoisotopic (exact) mass is 338 g/mol. The average molecular weight is 338 g/mol. The van der Waals surface area contributed by atoms with E-state index in [9.17, 15) is 9.59 Å². The second-order valence-corrected chi connectivity index (χ2v) is 5.82. The van der Waals surface area contributed by atoms with Gasteiger partial charge in [0.05, 0.1) is 6.07 Å². The van der Waals surface area contributed by atoms with Gasteiger partial charge >= 0.3 is 0 Å². The largest absolute Gasteiger partial charge is 0.333 e. The van der Waals surface area contributed by atoms with Crippen LogP contribution in [0.25, 0.3) is 17.0 Å². The van der Waals surface area contributed by atoms with E-state index in [1.165, 1.54) is 9.80 Å². The van der Waals surface area contributed by atoms with Crippen LogP contribution in [0.5, 0.6) is 0 Å². The molecule has 0 spiro atoms. The maximum atomic E-state index is 12.4. The van der Waals surface area contributed by atoms with E-state index >= 15 is 0 Å². The van der Waals surface area contributed by atoms with Crippen molar-refractivity contribution < 1.29 is 9.59 Å². The zero-order chi connectivity index (χ0) is 17.4. The number of rotatable bonds is 2. The number of carbonyl (C=O) groups is 2. The summed E-state index contributed by atoms with van der Waals surface area (Å²) in [7, 11) is 3.08. The molecule has 2 aromatic rings. The Labute approximate surface area is 144 Å². The van der Waals surface area contributed by atoms with Gasteiger partial charge in [-0.2, -0.15) is 5.26 Å². The Hall–Kier alpha value is -2.98. The van der Waals surface area contributed by atoms with E-state index in [2.05, 4.69) is 6.07 Å². The number of amides is 2. The first-order valence-electron chi connectivity index (χ1n) is 7.22. The molecule has 1 aromatic carbocycles. The molecule has 0 N–H and O–H groups in total. The van der Waals surface area contributed by atoms with Gasteiger partial charge in [-0.1, -0.05) is 18.2 Å². The van der Waals surface area contributed by atoms with E-state index < -0.39 is 11.8 Å². The molecule has 0 bridgehead atoms. The Morgan fingerprint density at radius 3 is 2.42 bits per heavy atom. The second-order valence-electron chi connectivity index (χ2n) is 5.46. The van der Waals surface area contributed by atoms with Gasteiger partial charge in [-0.15, -0.1) is 0 Å². The van der Waals surface area contributed by atoms with E-state index in [0.717, 1.165) is 10.9 Å². The number of carbonyl (C=O) groups excluding carboxylic acids is 2. The minimum Gasteiger partial charge on any atom is -0.333 e. The highest BCUT2D eigenvalue weighted by Crippen LogP contribution is 2.25. The van der Waals surface area contributed by atoms with Gasteiger partial charge in [0, 0.05) is 36.8 Å². The summed E-state index contributed by atoms with van der Waals surface area (Å²) < 4.78 is 1.79. The normalized spacial score (nSPS) is 15.2. The molecule has 0 unspecified atom stereocenters. The van der Waals surface area contributed by atoms with Crippen LogP contribution in [0.3, 0.4) is 0 Å². The van der Waals surface area contributed by atoms with Gasteiger partial charge in [0.1, 0.15) is 12.1 Å². The van der Waals surface area contributed by atoms with Gasteiger partial charge < -0.3 is 4.57 Å². The van der Waals surface area contributed by atoms with Crippen molar-refractivity contribution >= 4 is 46.1 Å². The molecule has 7 heteroatoms. The molecule has 24 heavy (non-hydrogen) atoms. The summed E-state index contributed by atoms with van der Waals surface area (Å²) in [5.74, 6) is -0.861. The molecule has 0 radical (unpaired) electrons. The van der Waals surface area contributed by atoms with Crippen LogP contribution in [0.1, 0.15) is 5.56 Å². The molecule has 1 aromatic heterocycles. The van der Waals surface area contributed by atoms with Gasteiger partial charge in [-0.05, 0) is 24.4 Å². The number of fused-ring (bicyclic) bond motifs is 1. The maximum absolute atomic E-state index is 12.4.